The summed E-state index contributed by atoms with van der Waals surface area (Å²) in [5.74, 6) is 3.50. The van der Waals surface area contributed by atoms with Crippen molar-refractivity contribution in [1.82, 2.24) is 9.97 Å². The molecule has 0 amide bonds. The lowest BCUT2D eigenvalue weighted by Gasteiger charge is -2.12. The van der Waals surface area contributed by atoms with E-state index >= 15 is 0 Å². The molecule has 1 aromatic heterocycles. The van der Waals surface area contributed by atoms with Crippen LogP contribution in [0, 0.1) is 12.8 Å². The number of hydrogen-bond donors (Lipinski definition) is 2. The first-order chi connectivity index (χ1) is 8.28. The highest BCUT2D eigenvalue weighted by Crippen LogP contribution is 2.24. The Morgan fingerprint density at radius 1 is 1.18 bits per heavy atom. The molecule has 0 radical (unpaired) electrons. The van der Waals surface area contributed by atoms with Crippen molar-refractivity contribution in [3.63, 3.8) is 0 Å². The molecule has 0 aliphatic heterocycles. The van der Waals surface area contributed by atoms with Crippen molar-refractivity contribution in [3.05, 3.63) is 11.9 Å². The smallest absolute Gasteiger partial charge is 0.131 e. The molecule has 0 spiro atoms. The summed E-state index contributed by atoms with van der Waals surface area (Å²) in [5, 5.41) is 6.66. The van der Waals surface area contributed by atoms with Crippen LogP contribution in [0.25, 0.3) is 0 Å². The van der Waals surface area contributed by atoms with Gasteiger partial charge in [0.25, 0.3) is 0 Å². The Hall–Kier alpha value is -1.32. The van der Waals surface area contributed by atoms with Crippen LogP contribution in [0.3, 0.4) is 0 Å². The van der Waals surface area contributed by atoms with Gasteiger partial charge in [-0.3, -0.25) is 0 Å². The zero-order valence-corrected chi connectivity index (χ0v) is 10.8. The van der Waals surface area contributed by atoms with Crippen molar-refractivity contribution >= 4 is 11.6 Å². The second-order valence-corrected chi connectivity index (χ2v) is 4.75. The van der Waals surface area contributed by atoms with E-state index in [0.29, 0.717) is 0 Å². The Morgan fingerprint density at radius 2 is 1.82 bits per heavy atom. The molecule has 4 nitrogen and oxygen atoms in total. The van der Waals surface area contributed by atoms with E-state index in [4.69, 9.17) is 0 Å². The van der Waals surface area contributed by atoms with Gasteiger partial charge in [-0.15, -0.1) is 0 Å². The van der Waals surface area contributed by atoms with Crippen LogP contribution in [0.5, 0.6) is 0 Å². The summed E-state index contributed by atoms with van der Waals surface area (Å²) in [6.45, 7) is 5.94. The predicted octanol–water partition coefficient (Wildman–Crippen LogP) is 2.82. The van der Waals surface area contributed by atoms with Crippen LogP contribution in [0.4, 0.5) is 11.6 Å². The molecule has 17 heavy (non-hydrogen) atoms. The minimum Gasteiger partial charge on any atom is -0.370 e. The van der Waals surface area contributed by atoms with Gasteiger partial charge in [0, 0.05) is 19.2 Å². The highest BCUT2D eigenvalue weighted by Gasteiger charge is 2.14. The summed E-state index contributed by atoms with van der Waals surface area (Å²) in [5.41, 5.74) is 0. The second-order valence-electron chi connectivity index (χ2n) is 4.75. The Labute approximate surface area is 103 Å². The molecule has 0 saturated heterocycles. The molecule has 1 saturated carbocycles. The van der Waals surface area contributed by atoms with Crippen LogP contribution < -0.4 is 10.6 Å². The third-order valence-electron chi connectivity index (χ3n) is 3.24. The largest absolute Gasteiger partial charge is 0.370 e. The minimum absolute atomic E-state index is 0.817. The molecular formula is C13H22N4. The fourth-order valence-electron chi connectivity index (χ4n) is 2.39. The van der Waals surface area contributed by atoms with Crippen molar-refractivity contribution in [2.45, 2.75) is 39.5 Å². The maximum absolute atomic E-state index is 4.41. The van der Waals surface area contributed by atoms with E-state index in [1.807, 2.05) is 13.0 Å². The molecule has 0 bridgehead atoms. The quantitative estimate of drug-likeness (QED) is 0.822. The van der Waals surface area contributed by atoms with E-state index in [1.165, 1.54) is 25.7 Å². The van der Waals surface area contributed by atoms with E-state index in [1.54, 1.807) is 0 Å². The number of rotatable bonds is 5. The molecule has 94 valence electrons. The molecule has 1 heterocycles. The predicted molar refractivity (Wildman–Crippen MR) is 71.4 cm³/mol. The fourth-order valence-corrected chi connectivity index (χ4v) is 2.39. The van der Waals surface area contributed by atoms with Crippen LogP contribution in [0.2, 0.25) is 0 Å². The van der Waals surface area contributed by atoms with Gasteiger partial charge in [0.05, 0.1) is 0 Å². The Morgan fingerprint density at radius 3 is 2.47 bits per heavy atom. The van der Waals surface area contributed by atoms with Crippen LogP contribution >= 0.6 is 0 Å². The number of nitrogens with zero attached hydrogens (tertiary/aromatic N) is 2. The lowest BCUT2D eigenvalue weighted by Crippen LogP contribution is -2.13. The number of anilines is 2. The summed E-state index contributed by atoms with van der Waals surface area (Å²) >= 11 is 0. The van der Waals surface area contributed by atoms with Gasteiger partial charge in [0.15, 0.2) is 0 Å². The van der Waals surface area contributed by atoms with Gasteiger partial charge in [-0.05, 0) is 32.6 Å². The lowest BCUT2D eigenvalue weighted by atomic mass is 10.1. The third kappa shape index (κ3) is 3.58. The van der Waals surface area contributed by atoms with Crippen molar-refractivity contribution in [3.8, 4) is 0 Å². The monoisotopic (exact) mass is 234 g/mol. The van der Waals surface area contributed by atoms with E-state index in [9.17, 15) is 0 Å². The SMILES string of the molecule is CCNc1cc(NCC2CCCC2)nc(C)n1. The third-order valence-corrected chi connectivity index (χ3v) is 3.24. The van der Waals surface area contributed by atoms with Crippen LogP contribution in [-0.2, 0) is 0 Å². The van der Waals surface area contributed by atoms with Crippen molar-refractivity contribution in [1.29, 1.82) is 0 Å². The zero-order chi connectivity index (χ0) is 12.1. The average molecular weight is 234 g/mol. The highest BCUT2D eigenvalue weighted by atomic mass is 15.1. The maximum Gasteiger partial charge on any atom is 0.131 e. The van der Waals surface area contributed by atoms with Gasteiger partial charge in [-0.1, -0.05) is 12.8 Å². The molecule has 0 unspecified atom stereocenters. The van der Waals surface area contributed by atoms with Gasteiger partial charge < -0.3 is 10.6 Å². The number of hydrogen-bond acceptors (Lipinski definition) is 4. The van der Waals surface area contributed by atoms with E-state index in [-0.39, 0.29) is 0 Å². The van der Waals surface area contributed by atoms with E-state index < -0.39 is 0 Å². The fraction of sp³-hybridized carbons (Fsp3) is 0.692. The second kappa shape index (κ2) is 5.84. The topological polar surface area (TPSA) is 49.8 Å². The molecule has 1 aromatic rings. The van der Waals surface area contributed by atoms with Gasteiger partial charge in [0.2, 0.25) is 0 Å². The zero-order valence-electron chi connectivity index (χ0n) is 10.8. The van der Waals surface area contributed by atoms with Crippen LogP contribution in [-0.4, -0.2) is 23.1 Å². The minimum atomic E-state index is 0.817. The van der Waals surface area contributed by atoms with Gasteiger partial charge >= 0.3 is 0 Å². The van der Waals surface area contributed by atoms with Crippen LogP contribution in [0.15, 0.2) is 6.07 Å². The molecule has 4 heteroatoms. The standard InChI is InChI=1S/C13H22N4/c1-3-14-12-8-13(17-10(2)16-12)15-9-11-6-4-5-7-11/h8,11H,3-7,9H2,1-2H3,(H2,14,15,16,17). The molecular weight excluding hydrogens is 212 g/mol. The average Bonchev–Trinajstić information content (AvgIpc) is 2.79. The maximum atomic E-state index is 4.41. The van der Waals surface area contributed by atoms with Crippen molar-refractivity contribution in [2.24, 2.45) is 5.92 Å². The summed E-state index contributed by atoms with van der Waals surface area (Å²) < 4.78 is 0. The first-order valence-corrected chi connectivity index (χ1v) is 6.61. The number of aryl methyl sites for hydroxylation is 1. The summed E-state index contributed by atoms with van der Waals surface area (Å²) in [4.78, 5) is 8.76. The molecule has 2 rings (SSSR count). The van der Waals surface area contributed by atoms with Gasteiger partial charge in [-0.25, -0.2) is 9.97 Å². The number of nitrogens with one attached hydrogen (secondary N) is 2. The van der Waals surface area contributed by atoms with E-state index in [0.717, 1.165) is 36.5 Å². The molecule has 1 fully saturated rings. The molecule has 0 aromatic carbocycles. The Kier molecular flexibility index (Phi) is 4.18. The number of aromatic nitrogens is 2. The Balaban J connectivity index is 1.94. The first kappa shape index (κ1) is 12.1. The van der Waals surface area contributed by atoms with Crippen molar-refractivity contribution in [2.75, 3.05) is 23.7 Å². The van der Waals surface area contributed by atoms with Crippen molar-refractivity contribution < 1.29 is 0 Å². The summed E-state index contributed by atoms with van der Waals surface area (Å²) in [6.07, 6.45) is 5.49. The first-order valence-electron chi connectivity index (χ1n) is 6.61. The molecule has 1 aliphatic rings. The lowest BCUT2D eigenvalue weighted by molar-refractivity contribution is 0.578. The molecule has 2 N–H and O–H groups in total. The van der Waals surface area contributed by atoms with Crippen LogP contribution in [0.1, 0.15) is 38.4 Å². The normalized spacial score (nSPS) is 16.1. The Bertz CT molecular complexity index is 358. The van der Waals surface area contributed by atoms with Gasteiger partial charge in [0.1, 0.15) is 17.5 Å². The van der Waals surface area contributed by atoms with E-state index in [2.05, 4.69) is 27.5 Å². The highest BCUT2D eigenvalue weighted by molar-refractivity contribution is 5.47. The summed E-state index contributed by atoms with van der Waals surface area (Å²) in [6, 6.07) is 1.99. The molecule has 1 aliphatic carbocycles. The summed E-state index contributed by atoms with van der Waals surface area (Å²) in [7, 11) is 0. The van der Waals surface area contributed by atoms with Gasteiger partial charge in [-0.2, -0.15) is 0 Å². The molecule has 0 atom stereocenters.